The van der Waals surface area contributed by atoms with Crippen LogP contribution in [0.25, 0.3) is 16.3 Å². The van der Waals surface area contributed by atoms with Crippen LogP contribution in [0.15, 0.2) is 29.4 Å². The molecule has 8 heteroatoms. The van der Waals surface area contributed by atoms with Crippen molar-refractivity contribution in [2.75, 3.05) is 14.1 Å². The average Bonchev–Trinajstić information content (AvgIpc) is 2.52. The van der Waals surface area contributed by atoms with Gasteiger partial charge in [0.1, 0.15) is 0 Å². The van der Waals surface area contributed by atoms with E-state index in [-0.39, 0.29) is 49.9 Å². The molecule has 0 saturated carbocycles. The Hall–Kier alpha value is -1.86. The van der Waals surface area contributed by atoms with Gasteiger partial charge in [-0.3, -0.25) is 9.59 Å². The Morgan fingerprint density at radius 1 is 1.14 bits per heavy atom. The van der Waals surface area contributed by atoms with E-state index in [4.69, 9.17) is 5.53 Å². The second-order valence-corrected chi connectivity index (χ2v) is 4.32. The quantitative estimate of drug-likeness (QED) is 0.714. The molecule has 0 aromatic heterocycles. The van der Waals surface area contributed by atoms with E-state index in [0.717, 1.165) is 0 Å². The minimum absolute atomic E-state index is 0. The second kappa shape index (κ2) is 7.42. The van der Waals surface area contributed by atoms with E-state index in [1.54, 1.807) is 12.1 Å². The van der Waals surface area contributed by atoms with E-state index < -0.39 is 11.7 Å². The fraction of sp³-hybridized carbons (Fsp3) is 0.143. The molecule has 1 radical (unpaired) electrons. The van der Waals surface area contributed by atoms with Crippen molar-refractivity contribution in [1.82, 2.24) is 10.6 Å². The molecule has 2 aromatic rings. The summed E-state index contributed by atoms with van der Waals surface area (Å²) in [5.41, 5.74) is 9.31. The summed E-state index contributed by atoms with van der Waals surface area (Å²) >= 11 is 0. The van der Waals surface area contributed by atoms with Crippen LogP contribution < -0.4 is 10.6 Å². The molecule has 0 heterocycles. The SMILES string of the molecule is CNC(=O)c1ccc2c(N=[N-])c(O)c(C(=O)NC)cc2c1.[Y]. The van der Waals surface area contributed by atoms with Gasteiger partial charge in [0.25, 0.3) is 11.8 Å². The third-order valence-corrected chi connectivity index (χ3v) is 3.15. The van der Waals surface area contributed by atoms with Crippen LogP contribution in [-0.4, -0.2) is 31.0 Å². The van der Waals surface area contributed by atoms with Gasteiger partial charge in [-0.25, -0.2) is 0 Å². The van der Waals surface area contributed by atoms with Gasteiger partial charge in [-0.05, 0) is 23.6 Å². The molecule has 111 valence electrons. The summed E-state index contributed by atoms with van der Waals surface area (Å²) in [6.45, 7) is 0. The minimum atomic E-state index is -0.523. The summed E-state index contributed by atoms with van der Waals surface area (Å²) < 4.78 is 0. The maximum absolute atomic E-state index is 11.7. The zero-order chi connectivity index (χ0) is 15.6. The molecule has 2 amide bonds. The molecule has 0 aliphatic rings. The van der Waals surface area contributed by atoms with Crippen molar-refractivity contribution >= 4 is 28.3 Å². The Bertz CT molecular complexity index is 761. The van der Waals surface area contributed by atoms with Gasteiger partial charge in [-0.15, -0.1) is 0 Å². The summed E-state index contributed by atoms with van der Waals surface area (Å²) in [4.78, 5) is 23.4. The Balaban J connectivity index is 0.00000242. The van der Waals surface area contributed by atoms with Crippen molar-refractivity contribution in [1.29, 1.82) is 0 Å². The Kier molecular flexibility index (Phi) is 6.14. The van der Waals surface area contributed by atoms with E-state index in [1.807, 2.05) is 0 Å². The van der Waals surface area contributed by atoms with E-state index in [9.17, 15) is 14.7 Å². The number of carbonyl (C=O) groups excluding carboxylic acids is 2. The van der Waals surface area contributed by atoms with Gasteiger partial charge in [-0.2, -0.15) is 0 Å². The molecule has 2 aromatic carbocycles. The van der Waals surface area contributed by atoms with Crippen LogP contribution in [0.4, 0.5) is 5.69 Å². The number of rotatable bonds is 3. The number of phenols is 1. The standard InChI is InChI=1S/C14H13N4O3.Y/c1-16-13(20)7-3-4-9-8(5-7)6-10(14(21)17-2)12(19)11(9)18-15;/h3-6,19H,1-2H3,(H,16,20)(H,17,21);/q-1;. The van der Waals surface area contributed by atoms with Crippen molar-refractivity contribution in [2.45, 2.75) is 0 Å². The Labute approximate surface area is 151 Å². The predicted molar refractivity (Wildman–Crippen MR) is 77.8 cm³/mol. The molecule has 0 aliphatic heterocycles. The molecule has 2 rings (SSSR count). The van der Waals surface area contributed by atoms with Crippen LogP contribution in [0, 0.1) is 0 Å². The van der Waals surface area contributed by atoms with Crippen LogP contribution in [0.1, 0.15) is 20.7 Å². The first-order valence-corrected chi connectivity index (χ1v) is 6.12. The smallest absolute Gasteiger partial charge is 0.254 e. The van der Waals surface area contributed by atoms with Crippen molar-refractivity contribution in [2.24, 2.45) is 5.11 Å². The predicted octanol–water partition coefficient (Wildman–Crippen LogP) is 1.92. The van der Waals surface area contributed by atoms with Gasteiger partial charge in [0.15, 0.2) is 5.75 Å². The third-order valence-electron chi connectivity index (χ3n) is 3.15. The van der Waals surface area contributed by atoms with Crippen molar-refractivity contribution in [3.8, 4) is 5.75 Å². The first kappa shape index (κ1) is 18.2. The molecule has 0 atom stereocenters. The zero-order valence-electron chi connectivity index (χ0n) is 12.0. The summed E-state index contributed by atoms with van der Waals surface area (Å²) in [6, 6.07) is 6.07. The first-order chi connectivity index (χ1) is 10.0. The molecular formula is C14H13N4O3Y-. The van der Waals surface area contributed by atoms with Crippen LogP contribution in [0.5, 0.6) is 5.75 Å². The van der Waals surface area contributed by atoms with Gasteiger partial charge >= 0.3 is 0 Å². The van der Waals surface area contributed by atoms with Gasteiger partial charge in [-0.1, -0.05) is 6.07 Å². The van der Waals surface area contributed by atoms with E-state index in [2.05, 4.69) is 15.7 Å². The fourth-order valence-corrected chi connectivity index (χ4v) is 2.07. The Morgan fingerprint density at radius 2 is 1.77 bits per heavy atom. The number of hydrogen-bond donors (Lipinski definition) is 3. The van der Waals surface area contributed by atoms with Crippen LogP contribution >= 0.6 is 0 Å². The first-order valence-electron chi connectivity index (χ1n) is 6.12. The number of benzene rings is 2. The Morgan fingerprint density at radius 3 is 2.32 bits per heavy atom. The molecule has 7 nitrogen and oxygen atoms in total. The number of amides is 2. The van der Waals surface area contributed by atoms with Crippen molar-refractivity contribution < 1.29 is 47.4 Å². The fourth-order valence-electron chi connectivity index (χ4n) is 2.07. The summed E-state index contributed by atoms with van der Waals surface area (Å²) in [5, 5.41) is 18.9. The monoisotopic (exact) mass is 374 g/mol. The van der Waals surface area contributed by atoms with E-state index in [0.29, 0.717) is 16.3 Å². The van der Waals surface area contributed by atoms with Gasteiger partial charge < -0.3 is 26.4 Å². The molecule has 22 heavy (non-hydrogen) atoms. The number of phenolic OH excluding ortho intramolecular Hbond substituents is 1. The summed E-state index contributed by atoms with van der Waals surface area (Å²) in [5.74, 6) is -1.23. The maximum atomic E-state index is 11.7. The number of nitrogens with zero attached hydrogens (tertiary/aromatic N) is 2. The number of aromatic hydroxyl groups is 1. The zero-order valence-corrected chi connectivity index (χ0v) is 14.9. The van der Waals surface area contributed by atoms with Crippen molar-refractivity contribution in [3.05, 3.63) is 40.9 Å². The average molecular weight is 374 g/mol. The van der Waals surface area contributed by atoms with Gasteiger partial charge in [0.2, 0.25) is 0 Å². The molecule has 0 fully saturated rings. The molecule has 0 saturated heterocycles. The molecule has 0 unspecified atom stereocenters. The third kappa shape index (κ3) is 3.15. The number of hydrogen-bond acceptors (Lipinski definition) is 4. The number of nitrogens with one attached hydrogen (secondary N) is 2. The van der Waals surface area contributed by atoms with E-state index >= 15 is 0 Å². The maximum Gasteiger partial charge on any atom is 0.254 e. The van der Waals surface area contributed by atoms with E-state index in [1.165, 1.54) is 26.2 Å². The number of carbonyl (C=O) groups is 2. The normalized spacial score (nSPS) is 9.73. The summed E-state index contributed by atoms with van der Waals surface area (Å²) in [7, 11) is 2.93. The van der Waals surface area contributed by atoms with Crippen LogP contribution in [0.2, 0.25) is 0 Å². The number of fused-ring (bicyclic) bond motifs is 1. The molecule has 3 N–H and O–H groups in total. The second-order valence-electron chi connectivity index (χ2n) is 4.32. The van der Waals surface area contributed by atoms with Gasteiger partial charge in [0.05, 0.1) is 11.3 Å². The van der Waals surface area contributed by atoms with Crippen LogP contribution in [-0.2, 0) is 32.7 Å². The topological polar surface area (TPSA) is 113 Å². The molecule has 0 aliphatic carbocycles. The van der Waals surface area contributed by atoms with Crippen molar-refractivity contribution in [3.63, 3.8) is 0 Å². The molecule has 0 spiro atoms. The molecule has 0 bridgehead atoms. The summed E-state index contributed by atoms with van der Waals surface area (Å²) in [6.07, 6.45) is 0. The van der Waals surface area contributed by atoms with Crippen LogP contribution in [0.3, 0.4) is 0 Å². The minimum Gasteiger partial charge on any atom is -0.706 e. The van der Waals surface area contributed by atoms with Gasteiger partial charge in [0, 0.05) is 57.8 Å². The largest absolute Gasteiger partial charge is 0.706 e. The molecular weight excluding hydrogens is 361 g/mol.